The normalized spacial score (nSPS) is 12.5. The van der Waals surface area contributed by atoms with Crippen molar-refractivity contribution in [3.8, 4) is 0 Å². The van der Waals surface area contributed by atoms with Crippen LogP contribution in [0, 0.1) is 0 Å². The van der Waals surface area contributed by atoms with E-state index in [1.807, 2.05) is 0 Å². The second-order valence-corrected chi connectivity index (χ2v) is 6.97. The van der Waals surface area contributed by atoms with Crippen molar-refractivity contribution in [2.75, 3.05) is 40.5 Å². The van der Waals surface area contributed by atoms with Gasteiger partial charge in [-0.15, -0.1) is 0 Å². The standard InChI is InChI=1S/C18H33N7O8.CH4O/c1-10(19)15(29)25-12(8-14(27)28)16(30)23-9-13(26)24-11(4-3-5-22-18(20)21)17(31)33-7-6-32-2;1-2/h10-12H,3-9,19H2,1-2H3,(H,23,30)(H,24,26)(H,25,29)(H,27,28)(H4,20,21,22);2H,1H3/p+1. The largest absolute Gasteiger partial charge is 0.481 e. The summed E-state index contributed by atoms with van der Waals surface area (Å²) < 4.78 is 9.83. The van der Waals surface area contributed by atoms with Crippen molar-refractivity contribution in [2.45, 2.75) is 44.3 Å². The Labute approximate surface area is 203 Å². The van der Waals surface area contributed by atoms with Gasteiger partial charge in [0.15, 0.2) is 0 Å². The Morgan fingerprint density at radius 1 is 1.00 bits per heavy atom. The first-order valence-corrected chi connectivity index (χ1v) is 10.5. The number of amides is 3. The van der Waals surface area contributed by atoms with Crippen molar-refractivity contribution in [3.05, 3.63) is 0 Å². The summed E-state index contributed by atoms with van der Waals surface area (Å²) in [6.07, 6.45) is -0.134. The molecular weight excluding hydrogens is 470 g/mol. The number of rotatable bonds is 16. The smallest absolute Gasteiger partial charge is 0.338 e. The number of carboxylic acids is 1. The molecule has 0 bridgehead atoms. The number of guanidine groups is 1. The number of hydrogen-bond acceptors (Lipinski definition) is 9. The van der Waals surface area contributed by atoms with Crippen LogP contribution >= 0.6 is 0 Å². The molecule has 0 fully saturated rings. The summed E-state index contributed by atoms with van der Waals surface area (Å²) in [6.45, 7) is 1.27. The minimum Gasteiger partial charge on any atom is -0.481 e. The van der Waals surface area contributed by atoms with Crippen molar-refractivity contribution in [2.24, 2.45) is 17.2 Å². The maximum atomic E-state index is 12.3. The molecule has 12 N–H and O–H groups in total. The SMILES string of the molecule is CO.COCCOC(=O)C(CCC[NH+]=C(N)N)NC(=O)CNC(=O)C(CC(=O)O)NC(=O)C(C)N. The highest BCUT2D eigenvalue weighted by Gasteiger charge is 2.26. The van der Waals surface area contributed by atoms with E-state index < -0.39 is 60.8 Å². The number of aliphatic hydroxyl groups is 1. The van der Waals surface area contributed by atoms with Gasteiger partial charge in [0, 0.05) is 14.2 Å². The number of carbonyl (C=O) groups is 5. The zero-order valence-electron chi connectivity index (χ0n) is 20.2. The van der Waals surface area contributed by atoms with Crippen molar-refractivity contribution in [3.63, 3.8) is 0 Å². The summed E-state index contributed by atoms with van der Waals surface area (Å²) in [5.74, 6) is -4.41. The van der Waals surface area contributed by atoms with Gasteiger partial charge in [-0.1, -0.05) is 0 Å². The zero-order chi connectivity index (χ0) is 27.4. The van der Waals surface area contributed by atoms with Gasteiger partial charge in [0.1, 0.15) is 18.7 Å². The monoisotopic (exact) mass is 508 g/mol. The van der Waals surface area contributed by atoms with Crippen molar-refractivity contribution >= 4 is 35.6 Å². The van der Waals surface area contributed by atoms with Gasteiger partial charge in [-0.25, -0.2) is 4.79 Å². The van der Waals surface area contributed by atoms with Gasteiger partial charge in [-0.05, 0) is 19.8 Å². The molecule has 16 heteroatoms. The Balaban J connectivity index is 0. The number of aliphatic carboxylic acids is 1. The average molecular weight is 509 g/mol. The fourth-order valence-electron chi connectivity index (χ4n) is 2.34. The van der Waals surface area contributed by atoms with Crippen LogP contribution in [0.3, 0.4) is 0 Å². The topological polar surface area (TPSA) is 272 Å². The second-order valence-electron chi connectivity index (χ2n) is 6.97. The van der Waals surface area contributed by atoms with Crippen LogP contribution in [0.25, 0.3) is 0 Å². The molecule has 3 amide bonds. The Bertz CT molecular complexity index is 713. The van der Waals surface area contributed by atoms with Gasteiger partial charge in [-0.2, -0.15) is 0 Å². The zero-order valence-corrected chi connectivity index (χ0v) is 20.2. The van der Waals surface area contributed by atoms with Crippen LogP contribution in [-0.4, -0.2) is 104 Å². The Morgan fingerprint density at radius 3 is 2.14 bits per heavy atom. The van der Waals surface area contributed by atoms with E-state index in [1.54, 1.807) is 0 Å². The molecule has 0 aliphatic rings. The predicted molar refractivity (Wildman–Crippen MR) is 122 cm³/mol. The van der Waals surface area contributed by atoms with Crippen LogP contribution in [0.5, 0.6) is 0 Å². The average Bonchev–Trinajstić information content (AvgIpc) is 2.79. The second kappa shape index (κ2) is 19.9. The summed E-state index contributed by atoms with van der Waals surface area (Å²) in [5, 5.41) is 22.8. The van der Waals surface area contributed by atoms with Crippen LogP contribution in [0.1, 0.15) is 26.2 Å². The van der Waals surface area contributed by atoms with E-state index in [2.05, 4.69) is 20.9 Å². The number of methoxy groups -OCH3 is 1. The first-order chi connectivity index (χ1) is 16.5. The lowest BCUT2D eigenvalue weighted by molar-refractivity contribution is -0.459. The molecule has 0 aromatic carbocycles. The summed E-state index contributed by atoms with van der Waals surface area (Å²) in [5.41, 5.74) is 16.0. The van der Waals surface area contributed by atoms with Gasteiger partial charge >= 0.3 is 17.9 Å². The highest BCUT2D eigenvalue weighted by Crippen LogP contribution is 2.00. The number of carboxylic acid groups (broad SMARTS) is 1. The molecule has 0 saturated heterocycles. The third-order valence-electron chi connectivity index (χ3n) is 4.00. The predicted octanol–water partition coefficient (Wildman–Crippen LogP) is -6.17. The van der Waals surface area contributed by atoms with E-state index in [-0.39, 0.29) is 25.6 Å². The van der Waals surface area contributed by atoms with Crippen LogP contribution in [0.2, 0.25) is 0 Å². The number of aliphatic hydroxyl groups excluding tert-OH is 1. The van der Waals surface area contributed by atoms with Crippen molar-refractivity contribution in [1.29, 1.82) is 0 Å². The Morgan fingerprint density at radius 2 is 1.63 bits per heavy atom. The van der Waals surface area contributed by atoms with E-state index >= 15 is 0 Å². The number of esters is 1. The van der Waals surface area contributed by atoms with Crippen molar-refractivity contribution < 1.29 is 48.7 Å². The van der Waals surface area contributed by atoms with Gasteiger partial charge in [-0.3, -0.25) is 35.6 Å². The summed E-state index contributed by atoms with van der Waals surface area (Å²) in [6, 6.07) is -3.43. The number of ether oxygens (including phenoxy) is 2. The minimum absolute atomic E-state index is 0.00741. The van der Waals surface area contributed by atoms with E-state index in [1.165, 1.54) is 14.0 Å². The van der Waals surface area contributed by atoms with Crippen LogP contribution < -0.4 is 38.1 Å². The highest BCUT2D eigenvalue weighted by molar-refractivity contribution is 5.94. The molecular formula is C19H38N7O9+. The first-order valence-electron chi connectivity index (χ1n) is 10.5. The fourth-order valence-corrected chi connectivity index (χ4v) is 2.34. The maximum Gasteiger partial charge on any atom is 0.338 e. The van der Waals surface area contributed by atoms with Crippen molar-refractivity contribution in [1.82, 2.24) is 16.0 Å². The Kier molecular flexibility index (Phi) is 19.2. The molecule has 0 aliphatic heterocycles. The van der Waals surface area contributed by atoms with E-state index in [9.17, 15) is 24.0 Å². The first kappa shape index (κ1) is 33.7. The van der Waals surface area contributed by atoms with Gasteiger partial charge in [0.2, 0.25) is 17.7 Å². The number of nitrogens with one attached hydrogen (secondary N) is 4. The quantitative estimate of drug-likeness (QED) is 0.0408. The van der Waals surface area contributed by atoms with Gasteiger partial charge in [0.25, 0.3) is 0 Å². The minimum atomic E-state index is -1.44. The lowest BCUT2D eigenvalue weighted by atomic mass is 10.1. The molecule has 0 heterocycles. The summed E-state index contributed by atoms with van der Waals surface area (Å²) in [7, 11) is 2.43. The third-order valence-corrected chi connectivity index (χ3v) is 4.00. The van der Waals surface area contributed by atoms with E-state index in [0.717, 1.165) is 7.11 Å². The summed E-state index contributed by atoms with van der Waals surface area (Å²) >= 11 is 0. The molecule has 0 aromatic rings. The van der Waals surface area contributed by atoms with Crippen LogP contribution in [-0.2, 0) is 33.4 Å². The molecule has 3 unspecified atom stereocenters. The lowest BCUT2D eigenvalue weighted by Crippen LogP contribution is -2.78. The lowest BCUT2D eigenvalue weighted by Gasteiger charge is -2.19. The molecule has 0 radical (unpaired) electrons. The molecule has 3 atom stereocenters. The molecule has 0 spiro atoms. The van der Waals surface area contributed by atoms with Gasteiger partial charge in [0.05, 0.1) is 32.2 Å². The number of hydrogen-bond donors (Lipinski definition) is 9. The van der Waals surface area contributed by atoms with E-state index in [4.69, 9.17) is 36.9 Å². The van der Waals surface area contributed by atoms with E-state index in [0.29, 0.717) is 13.0 Å². The maximum absolute atomic E-state index is 12.3. The molecule has 0 rings (SSSR count). The third kappa shape index (κ3) is 17.6. The number of nitrogens with two attached hydrogens (primary N) is 3. The molecule has 0 saturated carbocycles. The number of carbonyl (C=O) groups excluding carboxylic acids is 4. The molecule has 0 aromatic heterocycles. The van der Waals surface area contributed by atoms with Crippen LogP contribution in [0.15, 0.2) is 0 Å². The fraction of sp³-hybridized carbons (Fsp3) is 0.684. The molecule has 16 nitrogen and oxygen atoms in total. The van der Waals surface area contributed by atoms with Crippen LogP contribution in [0.4, 0.5) is 0 Å². The molecule has 0 aliphatic carbocycles. The summed E-state index contributed by atoms with van der Waals surface area (Å²) in [4.78, 5) is 62.1. The molecule has 202 valence electrons. The highest BCUT2D eigenvalue weighted by atomic mass is 16.6. The van der Waals surface area contributed by atoms with Gasteiger partial charge < -0.3 is 41.4 Å². The Hall–Kier alpha value is -3.50. The molecule has 35 heavy (non-hydrogen) atoms.